The molecule has 0 spiro atoms. The zero-order valence-corrected chi connectivity index (χ0v) is 9.65. The van der Waals surface area contributed by atoms with Crippen LogP contribution < -0.4 is 5.32 Å². The van der Waals surface area contributed by atoms with Gasteiger partial charge in [-0.15, -0.1) is 11.8 Å². The third-order valence-electron chi connectivity index (χ3n) is 1.84. The second-order valence-corrected chi connectivity index (χ2v) is 4.21. The van der Waals surface area contributed by atoms with E-state index in [0.717, 1.165) is 30.3 Å². The Labute approximate surface area is 94.2 Å². The molecule has 2 nitrogen and oxygen atoms in total. The van der Waals surface area contributed by atoms with Crippen LogP contribution in [0.15, 0.2) is 29.2 Å². The van der Waals surface area contributed by atoms with Crippen molar-refractivity contribution in [2.24, 2.45) is 0 Å². The lowest BCUT2D eigenvalue weighted by molar-refractivity contribution is 0.200. The Bertz CT molecular complexity index is 266. The van der Waals surface area contributed by atoms with Gasteiger partial charge >= 0.3 is 0 Å². The molecule has 0 amide bonds. The highest BCUT2D eigenvalue weighted by molar-refractivity contribution is 7.99. The summed E-state index contributed by atoms with van der Waals surface area (Å²) in [6.07, 6.45) is 0. The predicted octanol–water partition coefficient (Wildman–Crippen LogP) is 2.15. The van der Waals surface area contributed by atoms with E-state index in [1.165, 1.54) is 12.1 Å². The number of rotatable bonds is 7. The highest BCUT2D eigenvalue weighted by atomic mass is 32.2. The normalized spacial score (nSPS) is 10.5. The first-order valence-corrected chi connectivity index (χ1v) is 5.89. The second kappa shape index (κ2) is 7.68. The SMILES string of the molecule is COCCNCCSc1ccc(F)cc1. The van der Waals surface area contributed by atoms with Crippen LogP contribution in [0.4, 0.5) is 4.39 Å². The van der Waals surface area contributed by atoms with Crippen LogP contribution in [0.5, 0.6) is 0 Å². The van der Waals surface area contributed by atoms with Crippen LogP contribution in [-0.2, 0) is 4.74 Å². The van der Waals surface area contributed by atoms with Crippen molar-refractivity contribution in [2.75, 3.05) is 32.6 Å². The van der Waals surface area contributed by atoms with Crippen LogP contribution in [-0.4, -0.2) is 32.6 Å². The molecule has 0 saturated carbocycles. The van der Waals surface area contributed by atoms with Gasteiger partial charge in [0.15, 0.2) is 0 Å². The Morgan fingerprint density at radius 2 is 2.00 bits per heavy atom. The van der Waals surface area contributed by atoms with E-state index in [4.69, 9.17) is 4.74 Å². The van der Waals surface area contributed by atoms with Crippen molar-refractivity contribution < 1.29 is 9.13 Å². The maximum atomic E-state index is 12.6. The molecule has 4 heteroatoms. The summed E-state index contributed by atoms with van der Waals surface area (Å²) in [7, 11) is 1.69. The van der Waals surface area contributed by atoms with Gasteiger partial charge in [0.1, 0.15) is 5.82 Å². The Morgan fingerprint density at radius 3 is 2.67 bits per heavy atom. The molecule has 0 bridgehead atoms. The molecular weight excluding hydrogens is 213 g/mol. The van der Waals surface area contributed by atoms with E-state index in [9.17, 15) is 4.39 Å². The Hall–Kier alpha value is -0.580. The van der Waals surface area contributed by atoms with Crippen molar-refractivity contribution in [3.8, 4) is 0 Å². The highest BCUT2D eigenvalue weighted by Crippen LogP contribution is 2.16. The number of nitrogens with one attached hydrogen (secondary N) is 1. The van der Waals surface area contributed by atoms with E-state index in [-0.39, 0.29) is 5.82 Å². The van der Waals surface area contributed by atoms with Gasteiger partial charge in [0.2, 0.25) is 0 Å². The van der Waals surface area contributed by atoms with E-state index in [1.54, 1.807) is 31.0 Å². The topological polar surface area (TPSA) is 21.3 Å². The quantitative estimate of drug-likeness (QED) is 0.572. The van der Waals surface area contributed by atoms with Crippen LogP contribution in [0.3, 0.4) is 0 Å². The first-order chi connectivity index (χ1) is 7.33. The van der Waals surface area contributed by atoms with Gasteiger partial charge in [0.05, 0.1) is 6.61 Å². The van der Waals surface area contributed by atoms with Crippen molar-refractivity contribution in [1.29, 1.82) is 0 Å². The number of hydrogen-bond acceptors (Lipinski definition) is 3. The summed E-state index contributed by atoms with van der Waals surface area (Å²) in [6, 6.07) is 6.58. The van der Waals surface area contributed by atoms with Gasteiger partial charge in [-0.2, -0.15) is 0 Å². The average molecular weight is 229 g/mol. The molecule has 1 N–H and O–H groups in total. The van der Waals surface area contributed by atoms with Crippen molar-refractivity contribution in [3.63, 3.8) is 0 Å². The van der Waals surface area contributed by atoms with Gasteiger partial charge in [-0.3, -0.25) is 0 Å². The summed E-state index contributed by atoms with van der Waals surface area (Å²) >= 11 is 1.72. The van der Waals surface area contributed by atoms with Crippen LogP contribution in [0.2, 0.25) is 0 Å². The third kappa shape index (κ3) is 5.77. The molecular formula is C11H16FNOS. The minimum Gasteiger partial charge on any atom is -0.383 e. The largest absolute Gasteiger partial charge is 0.383 e. The number of thioether (sulfide) groups is 1. The molecule has 1 aromatic rings. The molecule has 1 rings (SSSR count). The third-order valence-corrected chi connectivity index (χ3v) is 2.86. The fourth-order valence-electron chi connectivity index (χ4n) is 1.07. The van der Waals surface area contributed by atoms with E-state index in [0.29, 0.717) is 0 Å². The lowest BCUT2D eigenvalue weighted by Gasteiger charge is -2.03. The van der Waals surface area contributed by atoms with Crippen molar-refractivity contribution >= 4 is 11.8 Å². The first-order valence-electron chi connectivity index (χ1n) is 4.91. The van der Waals surface area contributed by atoms with E-state index < -0.39 is 0 Å². The van der Waals surface area contributed by atoms with E-state index >= 15 is 0 Å². The van der Waals surface area contributed by atoms with E-state index in [2.05, 4.69) is 5.32 Å². The van der Waals surface area contributed by atoms with Crippen LogP contribution in [0, 0.1) is 5.82 Å². The van der Waals surface area contributed by atoms with Gasteiger partial charge in [-0.25, -0.2) is 4.39 Å². The van der Waals surface area contributed by atoms with Gasteiger partial charge < -0.3 is 10.1 Å². The minimum atomic E-state index is -0.183. The highest BCUT2D eigenvalue weighted by Gasteiger charge is 1.94. The summed E-state index contributed by atoms with van der Waals surface area (Å²) in [6.45, 7) is 2.55. The van der Waals surface area contributed by atoms with Gasteiger partial charge in [0.25, 0.3) is 0 Å². The molecule has 0 fully saturated rings. The summed E-state index contributed by atoms with van der Waals surface area (Å²) < 4.78 is 17.5. The standard InChI is InChI=1S/C11H16FNOS/c1-14-8-6-13-7-9-15-11-4-2-10(12)3-5-11/h2-5,13H,6-9H2,1H3. The number of hydrogen-bond donors (Lipinski definition) is 1. The Kier molecular flexibility index (Phi) is 6.39. The molecule has 0 atom stereocenters. The van der Waals surface area contributed by atoms with Crippen LogP contribution in [0.25, 0.3) is 0 Å². The molecule has 0 aliphatic carbocycles. The second-order valence-electron chi connectivity index (χ2n) is 3.05. The molecule has 84 valence electrons. The molecule has 0 saturated heterocycles. The first kappa shape index (κ1) is 12.5. The lowest BCUT2D eigenvalue weighted by atomic mass is 10.4. The number of halogens is 1. The Balaban J connectivity index is 2.07. The maximum Gasteiger partial charge on any atom is 0.123 e. The van der Waals surface area contributed by atoms with Crippen molar-refractivity contribution in [3.05, 3.63) is 30.1 Å². The minimum absolute atomic E-state index is 0.183. The predicted molar refractivity (Wildman–Crippen MR) is 61.9 cm³/mol. The monoisotopic (exact) mass is 229 g/mol. The zero-order chi connectivity index (χ0) is 10.9. The van der Waals surface area contributed by atoms with Crippen molar-refractivity contribution in [1.82, 2.24) is 5.32 Å². The maximum absolute atomic E-state index is 12.6. The van der Waals surface area contributed by atoms with Crippen LogP contribution in [0.1, 0.15) is 0 Å². The number of benzene rings is 1. The molecule has 0 unspecified atom stereocenters. The molecule has 0 aromatic heterocycles. The Morgan fingerprint density at radius 1 is 1.27 bits per heavy atom. The van der Waals surface area contributed by atoms with Gasteiger partial charge in [-0.05, 0) is 24.3 Å². The fraction of sp³-hybridized carbons (Fsp3) is 0.455. The van der Waals surface area contributed by atoms with E-state index in [1.807, 2.05) is 0 Å². The molecule has 15 heavy (non-hydrogen) atoms. The molecule has 0 radical (unpaired) electrons. The summed E-state index contributed by atoms with van der Waals surface area (Å²) in [5.74, 6) is 0.799. The van der Waals surface area contributed by atoms with Crippen LogP contribution >= 0.6 is 11.8 Å². The summed E-state index contributed by atoms with van der Waals surface area (Å²) in [5, 5.41) is 3.25. The zero-order valence-electron chi connectivity index (χ0n) is 8.83. The molecule has 0 aliphatic heterocycles. The van der Waals surface area contributed by atoms with Gasteiger partial charge in [0, 0.05) is 30.8 Å². The summed E-state index contributed by atoms with van der Waals surface area (Å²) in [5.41, 5.74) is 0. The molecule has 0 heterocycles. The smallest absolute Gasteiger partial charge is 0.123 e. The fourth-order valence-corrected chi connectivity index (χ4v) is 1.88. The summed E-state index contributed by atoms with van der Waals surface area (Å²) in [4.78, 5) is 1.10. The number of ether oxygens (including phenoxy) is 1. The van der Waals surface area contributed by atoms with Gasteiger partial charge in [-0.1, -0.05) is 0 Å². The molecule has 0 aliphatic rings. The van der Waals surface area contributed by atoms with Crippen molar-refractivity contribution in [2.45, 2.75) is 4.90 Å². The number of methoxy groups -OCH3 is 1. The lowest BCUT2D eigenvalue weighted by Crippen LogP contribution is -2.21. The molecule has 1 aromatic carbocycles. The average Bonchev–Trinajstić information content (AvgIpc) is 2.26.